The highest BCUT2D eigenvalue weighted by Gasteiger charge is 2.56. The molecule has 7 heteroatoms. The quantitative estimate of drug-likeness (QED) is 0.576. The van der Waals surface area contributed by atoms with E-state index in [0.717, 1.165) is 17.7 Å². The van der Waals surface area contributed by atoms with Crippen molar-refractivity contribution in [2.24, 2.45) is 5.92 Å². The Hall–Kier alpha value is -1.91. The largest absolute Gasteiger partial charge is 0.465 e. The van der Waals surface area contributed by atoms with Gasteiger partial charge in [-0.2, -0.15) is 10.4 Å². The Bertz CT molecular complexity index is 604. The molecule has 3 rings (SSSR count). The Labute approximate surface area is 122 Å². The Kier molecular flexibility index (Phi) is 3.66. The van der Waals surface area contributed by atoms with Gasteiger partial charge >= 0.3 is 5.97 Å². The number of rotatable bonds is 6. The molecule has 1 fully saturated rings. The molecule has 1 heterocycles. The summed E-state index contributed by atoms with van der Waals surface area (Å²) in [6.07, 6.45) is 0.843. The number of fused-ring (bicyclic) bond motifs is 3. The van der Waals surface area contributed by atoms with Crippen LogP contribution in [0.4, 0.5) is 0 Å². The van der Waals surface area contributed by atoms with Crippen molar-refractivity contribution in [2.45, 2.75) is 31.9 Å². The Balaban J connectivity index is 1.90. The number of esters is 1. The summed E-state index contributed by atoms with van der Waals surface area (Å²) in [5.74, 6) is 0.333. The molecule has 1 unspecified atom stereocenters. The van der Waals surface area contributed by atoms with Gasteiger partial charge in [-0.1, -0.05) is 0 Å². The summed E-state index contributed by atoms with van der Waals surface area (Å²) in [4.78, 5) is 11.7. The third-order valence-corrected chi connectivity index (χ3v) is 3.95. The van der Waals surface area contributed by atoms with Crippen LogP contribution in [0.15, 0.2) is 0 Å². The summed E-state index contributed by atoms with van der Waals surface area (Å²) in [5.41, 5.74) is 2.16. The zero-order valence-electron chi connectivity index (χ0n) is 12.0. The second-order valence-corrected chi connectivity index (χ2v) is 5.22. The fourth-order valence-electron chi connectivity index (χ4n) is 3.11. The van der Waals surface area contributed by atoms with Crippen LogP contribution >= 0.6 is 0 Å². The third kappa shape index (κ3) is 2.30. The van der Waals surface area contributed by atoms with Crippen molar-refractivity contribution in [3.8, 4) is 6.07 Å². The van der Waals surface area contributed by atoms with Gasteiger partial charge in [-0.25, -0.2) is 0 Å². The highest BCUT2D eigenvalue weighted by molar-refractivity contribution is 5.69. The van der Waals surface area contributed by atoms with E-state index in [1.54, 1.807) is 18.7 Å². The maximum atomic E-state index is 11.7. The minimum absolute atomic E-state index is 0.00410. The molecule has 0 aliphatic heterocycles. The summed E-state index contributed by atoms with van der Waals surface area (Å²) < 4.78 is 17.2. The van der Waals surface area contributed by atoms with Crippen LogP contribution in [0.1, 0.15) is 42.3 Å². The summed E-state index contributed by atoms with van der Waals surface area (Å²) in [6.45, 7) is 2.26. The molecule has 0 radical (unpaired) electrons. The van der Waals surface area contributed by atoms with Crippen LogP contribution in [0, 0.1) is 17.2 Å². The maximum Gasteiger partial charge on any atom is 0.327 e. The Morgan fingerprint density at radius 3 is 3.05 bits per heavy atom. The highest BCUT2D eigenvalue weighted by Crippen LogP contribution is 2.63. The average molecular weight is 291 g/mol. The standard InChI is InChI=1S/C14H17N3O4/c1-3-20-11(18)6-17-13-12(10(5-15)16-17)8-4-9(8)14(13)21-7-19-2/h8-9,14H,3-4,6-7H2,1-2H3/t8-,9+,14?/m0/s1. The van der Waals surface area contributed by atoms with E-state index < -0.39 is 0 Å². The van der Waals surface area contributed by atoms with Crippen LogP contribution in [-0.4, -0.2) is 36.3 Å². The molecule has 112 valence electrons. The molecule has 0 bridgehead atoms. The molecule has 1 aromatic rings. The zero-order valence-corrected chi connectivity index (χ0v) is 12.0. The van der Waals surface area contributed by atoms with Crippen molar-refractivity contribution in [1.82, 2.24) is 9.78 Å². The van der Waals surface area contributed by atoms with Crippen LogP contribution < -0.4 is 0 Å². The lowest BCUT2D eigenvalue weighted by molar-refractivity contribution is -0.144. The molecule has 2 aliphatic rings. The molecule has 0 saturated heterocycles. The zero-order chi connectivity index (χ0) is 15.0. The molecule has 1 aromatic heterocycles. The minimum Gasteiger partial charge on any atom is -0.465 e. The lowest BCUT2D eigenvalue weighted by Crippen LogP contribution is -2.19. The van der Waals surface area contributed by atoms with Crippen molar-refractivity contribution in [3.05, 3.63) is 17.0 Å². The molecule has 0 amide bonds. The van der Waals surface area contributed by atoms with Crippen molar-refractivity contribution < 1.29 is 19.0 Å². The second kappa shape index (κ2) is 5.47. The smallest absolute Gasteiger partial charge is 0.327 e. The van der Waals surface area contributed by atoms with Gasteiger partial charge in [0.25, 0.3) is 0 Å². The molecule has 3 atom stereocenters. The van der Waals surface area contributed by atoms with Gasteiger partial charge in [-0.3, -0.25) is 9.48 Å². The molecule has 0 N–H and O–H groups in total. The van der Waals surface area contributed by atoms with Gasteiger partial charge in [-0.15, -0.1) is 0 Å². The molecular formula is C14H17N3O4. The van der Waals surface area contributed by atoms with Crippen molar-refractivity contribution in [3.63, 3.8) is 0 Å². The highest BCUT2D eigenvalue weighted by atomic mass is 16.7. The molecular weight excluding hydrogens is 274 g/mol. The predicted octanol–water partition coefficient (Wildman–Crippen LogP) is 1.10. The van der Waals surface area contributed by atoms with E-state index in [4.69, 9.17) is 14.2 Å². The minimum atomic E-state index is -0.363. The molecule has 7 nitrogen and oxygen atoms in total. The monoisotopic (exact) mass is 291 g/mol. The summed E-state index contributed by atoms with van der Waals surface area (Å²) in [6, 6.07) is 2.12. The van der Waals surface area contributed by atoms with E-state index in [1.807, 2.05) is 0 Å². The van der Waals surface area contributed by atoms with E-state index in [0.29, 0.717) is 24.1 Å². The van der Waals surface area contributed by atoms with Crippen molar-refractivity contribution >= 4 is 5.97 Å². The van der Waals surface area contributed by atoms with Crippen LogP contribution in [0.2, 0.25) is 0 Å². The second-order valence-electron chi connectivity index (χ2n) is 5.22. The van der Waals surface area contributed by atoms with Gasteiger partial charge < -0.3 is 14.2 Å². The first kappa shape index (κ1) is 14.0. The van der Waals surface area contributed by atoms with Crippen LogP contribution in [0.3, 0.4) is 0 Å². The molecule has 2 aliphatic carbocycles. The van der Waals surface area contributed by atoms with Gasteiger partial charge in [0, 0.05) is 12.7 Å². The predicted molar refractivity (Wildman–Crippen MR) is 70.1 cm³/mol. The first-order chi connectivity index (χ1) is 10.2. The van der Waals surface area contributed by atoms with Gasteiger partial charge in [-0.05, 0) is 25.2 Å². The van der Waals surface area contributed by atoms with Gasteiger partial charge in [0.05, 0.1) is 12.3 Å². The lowest BCUT2D eigenvalue weighted by atomic mass is 10.1. The van der Waals surface area contributed by atoms with Crippen LogP contribution in [-0.2, 0) is 25.5 Å². The Morgan fingerprint density at radius 1 is 1.57 bits per heavy atom. The topological polar surface area (TPSA) is 86.4 Å². The molecule has 0 spiro atoms. The average Bonchev–Trinajstić information content (AvgIpc) is 3.07. The van der Waals surface area contributed by atoms with Gasteiger partial charge in [0.1, 0.15) is 25.5 Å². The number of ether oxygens (including phenoxy) is 3. The number of aromatic nitrogens is 2. The van der Waals surface area contributed by atoms with Gasteiger partial charge in [0.2, 0.25) is 0 Å². The summed E-state index contributed by atoms with van der Waals surface area (Å²) in [5, 5.41) is 13.5. The Morgan fingerprint density at radius 2 is 2.38 bits per heavy atom. The SMILES string of the molecule is CCOC(=O)Cn1nc(C#N)c2c1C(OCOC)[C@@H]1C[C@H]21. The normalized spacial score (nSPS) is 25.1. The van der Waals surface area contributed by atoms with Crippen LogP contribution in [0.5, 0.6) is 0 Å². The number of nitriles is 1. The van der Waals surface area contributed by atoms with E-state index in [1.165, 1.54) is 0 Å². The van der Waals surface area contributed by atoms with Gasteiger partial charge in [0.15, 0.2) is 5.69 Å². The first-order valence-electron chi connectivity index (χ1n) is 6.98. The van der Waals surface area contributed by atoms with Crippen molar-refractivity contribution in [2.75, 3.05) is 20.5 Å². The fraction of sp³-hybridized carbons (Fsp3) is 0.643. The lowest BCUT2D eigenvalue weighted by Gasteiger charge is -2.16. The first-order valence-corrected chi connectivity index (χ1v) is 6.98. The number of carbonyl (C=O) groups excluding carboxylic acids is 1. The number of nitrogens with zero attached hydrogens (tertiary/aromatic N) is 3. The van der Waals surface area contributed by atoms with E-state index >= 15 is 0 Å². The fourth-order valence-corrected chi connectivity index (χ4v) is 3.11. The molecule has 1 saturated carbocycles. The van der Waals surface area contributed by atoms with E-state index in [9.17, 15) is 10.1 Å². The number of carbonyl (C=O) groups is 1. The number of hydrogen-bond acceptors (Lipinski definition) is 6. The van der Waals surface area contributed by atoms with Crippen molar-refractivity contribution in [1.29, 1.82) is 5.26 Å². The molecule has 0 aromatic carbocycles. The molecule has 21 heavy (non-hydrogen) atoms. The third-order valence-electron chi connectivity index (χ3n) is 3.95. The van der Waals surface area contributed by atoms with Crippen LogP contribution in [0.25, 0.3) is 0 Å². The summed E-state index contributed by atoms with van der Waals surface area (Å²) in [7, 11) is 1.57. The van der Waals surface area contributed by atoms with E-state index in [-0.39, 0.29) is 25.4 Å². The maximum absolute atomic E-state index is 11.7. The number of methoxy groups -OCH3 is 1. The summed E-state index contributed by atoms with van der Waals surface area (Å²) >= 11 is 0. The number of hydrogen-bond donors (Lipinski definition) is 0. The van der Waals surface area contributed by atoms with E-state index in [2.05, 4.69) is 11.2 Å².